The molecule has 0 aliphatic carbocycles. The number of hydrogen-bond donors (Lipinski definition) is 1. The highest BCUT2D eigenvalue weighted by Crippen LogP contribution is 2.19. The third kappa shape index (κ3) is 5.52. The van der Waals surface area contributed by atoms with Crippen molar-refractivity contribution in [2.45, 2.75) is 36.1 Å². The minimum atomic E-state index is -3.61. The molecule has 0 spiro atoms. The van der Waals surface area contributed by atoms with E-state index in [1.165, 1.54) is 35.6 Å². The van der Waals surface area contributed by atoms with Crippen LogP contribution in [0.1, 0.15) is 35.7 Å². The van der Waals surface area contributed by atoms with Crippen LogP contribution in [-0.4, -0.2) is 48.2 Å². The van der Waals surface area contributed by atoms with Crippen LogP contribution < -0.4 is 5.32 Å². The quantitative estimate of drug-likeness (QED) is 0.511. The molecule has 31 heavy (non-hydrogen) atoms. The van der Waals surface area contributed by atoms with Crippen molar-refractivity contribution in [1.82, 2.24) is 14.5 Å². The van der Waals surface area contributed by atoms with Gasteiger partial charge in [0, 0.05) is 23.5 Å². The van der Waals surface area contributed by atoms with Crippen LogP contribution in [-0.2, 0) is 16.4 Å². The summed E-state index contributed by atoms with van der Waals surface area (Å²) in [6.07, 6.45) is 2.46. The van der Waals surface area contributed by atoms with Gasteiger partial charge in [-0.1, -0.05) is 17.2 Å². The van der Waals surface area contributed by atoms with E-state index in [9.17, 15) is 13.2 Å². The molecular formula is C21H24N4O4S2. The lowest BCUT2D eigenvalue weighted by molar-refractivity contribution is 0.102. The van der Waals surface area contributed by atoms with Crippen molar-refractivity contribution in [3.05, 3.63) is 65.5 Å². The summed E-state index contributed by atoms with van der Waals surface area (Å²) in [6.45, 7) is 3.58. The summed E-state index contributed by atoms with van der Waals surface area (Å²) in [5.74, 6) is -0.0916. The second-order valence-corrected chi connectivity index (χ2v) is 10.00. The molecule has 2 aromatic carbocycles. The van der Waals surface area contributed by atoms with Gasteiger partial charge in [-0.2, -0.15) is 4.31 Å². The Hall–Kier alpha value is -2.69. The van der Waals surface area contributed by atoms with Gasteiger partial charge in [0.2, 0.25) is 15.9 Å². The molecule has 3 rings (SSSR count). The average molecular weight is 461 g/mol. The van der Waals surface area contributed by atoms with E-state index in [4.69, 9.17) is 4.42 Å². The van der Waals surface area contributed by atoms with Crippen LogP contribution in [0.4, 0.5) is 6.01 Å². The van der Waals surface area contributed by atoms with Crippen LogP contribution in [0.2, 0.25) is 0 Å². The number of aromatic nitrogens is 2. The summed E-state index contributed by atoms with van der Waals surface area (Å²) in [7, 11) is -2.09. The molecule has 1 N–H and O–H groups in total. The van der Waals surface area contributed by atoms with Crippen molar-refractivity contribution in [1.29, 1.82) is 0 Å². The van der Waals surface area contributed by atoms with Crippen LogP contribution >= 0.6 is 11.8 Å². The third-order valence-electron chi connectivity index (χ3n) is 4.72. The van der Waals surface area contributed by atoms with Gasteiger partial charge >= 0.3 is 6.01 Å². The number of carbonyl (C=O) groups is 1. The molecule has 10 heteroatoms. The summed E-state index contributed by atoms with van der Waals surface area (Å²) in [5.41, 5.74) is 1.29. The maximum absolute atomic E-state index is 12.5. The van der Waals surface area contributed by atoms with E-state index >= 15 is 0 Å². The van der Waals surface area contributed by atoms with E-state index in [0.717, 1.165) is 10.5 Å². The largest absolute Gasteiger partial charge is 0.407 e. The van der Waals surface area contributed by atoms with E-state index in [1.54, 1.807) is 25.6 Å². The Morgan fingerprint density at radius 2 is 1.74 bits per heavy atom. The molecule has 0 radical (unpaired) electrons. The lowest BCUT2D eigenvalue weighted by Gasteiger charge is -2.20. The van der Waals surface area contributed by atoms with Crippen LogP contribution in [0.3, 0.4) is 0 Å². The number of hydrogen-bond acceptors (Lipinski definition) is 7. The topological polar surface area (TPSA) is 105 Å². The number of thioether (sulfide) groups is 1. The van der Waals surface area contributed by atoms with Gasteiger partial charge in [-0.15, -0.1) is 16.9 Å². The van der Waals surface area contributed by atoms with Gasteiger partial charge in [-0.3, -0.25) is 10.1 Å². The van der Waals surface area contributed by atoms with Crippen LogP contribution in [0, 0.1) is 0 Å². The van der Waals surface area contributed by atoms with Crippen molar-refractivity contribution >= 4 is 33.7 Å². The molecule has 0 aliphatic rings. The van der Waals surface area contributed by atoms with Crippen molar-refractivity contribution in [2.75, 3.05) is 18.6 Å². The fraction of sp³-hybridized carbons (Fsp3) is 0.286. The van der Waals surface area contributed by atoms with Gasteiger partial charge in [0.1, 0.15) is 0 Å². The molecule has 0 saturated carbocycles. The minimum absolute atomic E-state index is 0.0167. The first kappa shape index (κ1) is 23.0. The monoisotopic (exact) mass is 460 g/mol. The highest BCUT2D eigenvalue weighted by molar-refractivity contribution is 7.98. The van der Waals surface area contributed by atoms with Gasteiger partial charge in [0.05, 0.1) is 11.3 Å². The summed E-state index contributed by atoms with van der Waals surface area (Å²) in [4.78, 5) is 13.7. The molecule has 3 aromatic rings. The molecule has 0 bridgehead atoms. The predicted octanol–water partition coefficient (Wildman–Crippen LogP) is 3.66. The molecule has 164 valence electrons. The number of carbonyl (C=O) groups excluding carboxylic acids is 1. The normalized spacial score (nSPS) is 11.8. The number of rotatable bonds is 8. The summed E-state index contributed by atoms with van der Waals surface area (Å²) >= 11 is 1.66. The fourth-order valence-electron chi connectivity index (χ4n) is 2.68. The smallest absolute Gasteiger partial charge is 0.322 e. The zero-order chi connectivity index (χ0) is 22.6. The first-order valence-corrected chi connectivity index (χ1v) is 12.2. The van der Waals surface area contributed by atoms with E-state index in [0.29, 0.717) is 12.3 Å². The van der Waals surface area contributed by atoms with E-state index in [-0.39, 0.29) is 22.5 Å². The molecule has 1 amide bonds. The van der Waals surface area contributed by atoms with Gasteiger partial charge in [0.25, 0.3) is 5.91 Å². The SMILES string of the molecule is CSc1ccc(Cc2nnc(NC(=O)c3ccc(S(=O)(=O)N(C)C(C)C)cc3)o2)cc1. The zero-order valence-electron chi connectivity index (χ0n) is 17.7. The Morgan fingerprint density at radius 1 is 1.10 bits per heavy atom. The Morgan fingerprint density at radius 3 is 2.32 bits per heavy atom. The van der Waals surface area contributed by atoms with Crippen LogP contribution in [0.15, 0.2) is 62.7 Å². The third-order valence-corrected chi connectivity index (χ3v) is 7.51. The van der Waals surface area contributed by atoms with E-state index in [1.807, 2.05) is 30.5 Å². The van der Waals surface area contributed by atoms with Crippen LogP contribution in [0.25, 0.3) is 0 Å². The number of nitrogens with one attached hydrogen (secondary N) is 1. The average Bonchev–Trinajstić information content (AvgIpc) is 3.20. The second kappa shape index (κ2) is 9.63. The minimum Gasteiger partial charge on any atom is -0.407 e. The van der Waals surface area contributed by atoms with Crippen molar-refractivity contribution in [3.63, 3.8) is 0 Å². The molecule has 0 fully saturated rings. The Kier molecular flexibility index (Phi) is 7.14. The van der Waals surface area contributed by atoms with Gasteiger partial charge in [-0.25, -0.2) is 8.42 Å². The number of benzene rings is 2. The fourth-order valence-corrected chi connectivity index (χ4v) is 4.46. The van der Waals surface area contributed by atoms with E-state index < -0.39 is 15.9 Å². The number of sulfonamides is 1. The molecule has 0 unspecified atom stereocenters. The Bertz CT molecular complexity index is 1140. The van der Waals surface area contributed by atoms with E-state index in [2.05, 4.69) is 15.5 Å². The second-order valence-electron chi connectivity index (χ2n) is 7.12. The predicted molar refractivity (Wildman–Crippen MR) is 120 cm³/mol. The molecule has 1 aromatic heterocycles. The lowest BCUT2D eigenvalue weighted by atomic mass is 10.1. The summed E-state index contributed by atoms with van der Waals surface area (Å²) in [6, 6.07) is 13.5. The van der Waals surface area contributed by atoms with Gasteiger partial charge in [-0.05, 0) is 62.1 Å². The molecule has 1 heterocycles. The first-order chi connectivity index (χ1) is 14.7. The Balaban J connectivity index is 1.65. The molecule has 8 nitrogen and oxygen atoms in total. The lowest BCUT2D eigenvalue weighted by Crippen LogP contribution is -2.33. The van der Waals surface area contributed by atoms with Gasteiger partial charge in [0.15, 0.2) is 0 Å². The van der Waals surface area contributed by atoms with Gasteiger partial charge < -0.3 is 4.42 Å². The summed E-state index contributed by atoms with van der Waals surface area (Å²) < 4.78 is 31.8. The van der Waals surface area contributed by atoms with Crippen molar-refractivity contribution < 1.29 is 17.6 Å². The highest BCUT2D eigenvalue weighted by atomic mass is 32.2. The van der Waals surface area contributed by atoms with Crippen molar-refractivity contribution in [2.24, 2.45) is 0 Å². The number of amides is 1. The summed E-state index contributed by atoms with van der Waals surface area (Å²) in [5, 5.41) is 10.4. The maximum atomic E-state index is 12.5. The number of anilines is 1. The molecule has 0 atom stereocenters. The van der Waals surface area contributed by atoms with Crippen LogP contribution in [0.5, 0.6) is 0 Å². The number of nitrogens with zero attached hydrogens (tertiary/aromatic N) is 3. The highest BCUT2D eigenvalue weighted by Gasteiger charge is 2.23. The maximum Gasteiger partial charge on any atom is 0.322 e. The Labute approximate surface area is 186 Å². The molecule has 0 aliphatic heterocycles. The first-order valence-electron chi connectivity index (χ1n) is 9.55. The standard InChI is InChI=1S/C21H24N4O4S2/c1-14(2)25(3)31(27,28)18-11-7-16(8-12-18)20(26)22-21-24-23-19(29-21)13-15-5-9-17(30-4)10-6-15/h5-12,14H,13H2,1-4H3,(H,22,24,26). The van der Waals surface area contributed by atoms with Crippen molar-refractivity contribution in [3.8, 4) is 0 Å². The molecular weight excluding hydrogens is 436 g/mol. The zero-order valence-corrected chi connectivity index (χ0v) is 19.3. The molecule has 0 saturated heterocycles.